The van der Waals surface area contributed by atoms with E-state index in [9.17, 15) is 0 Å². The molecule has 0 bridgehead atoms. The Labute approximate surface area is 114 Å². The summed E-state index contributed by atoms with van der Waals surface area (Å²) in [6.45, 7) is 0.972. The molecule has 0 rings (SSSR count). The molecule has 0 radical (unpaired) electrons. The van der Waals surface area contributed by atoms with Gasteiger partial charge in [-0.2, -0.15) is 0 Å². The summed E-state index contributed by atoms with van der Waals surface area (Å²) in [5.41, 5.74) is 0. The number of carboxylic acids is 1. The molecule has 56 valence electrons. The standard InChI is InChI=1S/C2H4O2.GeO3.H3N.2Na/c1-2(3)4;2-1(3)4;;;/h1H3,(H,3,4);;1H3;;/q;-2;;2*+1. The second-order valence-corrected chi connectivity index (χ2v) is 1.79. The van der Waals surface area contributed by atoms with Crippen LogP contribution in [0.3, 0.4) is 0 Å². The van der Waals surface area contributed by atoms with Gasteiger partial charge in [0, 0.05) is 5.97 Å². The third-order valence-electron chi connectivity index (χ3n) is 0. The van der Waals surface area contributed by atoms with Crippen molar-refractivity contribution < 1.29 is 81.1 Å². The molecule has 0 aliphatic rings. The Hall–Kier alpha value is 1.37. The van der Waals surface area contributed by atoms with E-state index >= 15 is 0 Å². The summed E-state index contributed by atoms with van der Waals surface area (Å²) in [6.07, 6.45) is 0. The first kappa shape index (κ1) is 29.4. The number of aliphatic carboxylic acids is 1. The molecule has 0 aromatic carbocycles. The molecule has 4 N–H and O–H groups in total. The molecule has 11 heavy (non-hydrogen) atoms. The van der Waals surface area contributed by atoms with Crippen LogP contribution in [-0.4, -0.2) is 20.9 Å². The van der Waals surface area contributed by atoms with Crippen LogP contribution in [0.25, 0.3) is 0 Å². The summed E-state index contributed by atoms with van der Waals surface area (Å²) >= 11 is -4.08. The van der Waals surface area contributed by atoms with Gasteiger partial charge in [0.1, 0.15) is 0 Å². The fourth-order valence-electron chi connectivity index (χ4n) is 0. The molecule has 0 heterocycles. The molecule has 0 aliphatic heterocycles. The second kappa shape index (κ2) is 22.5. The first-order chi connectivity index (χ1) is 3.46. The molecule has 9 heteroatoms. The van der Waals surface area contributed by atoms with E-state index in [0.717, 1.165) is 6.92 Å². The molecule has 0 aliphatic carbocycles. The number of rotatable bonds is 0. The van der Waals surface area contributed by atoms with Gasteiger partial charge in [0.05, 0.1) is 0 Å². The van der Waals surface area contributed by atoms with E-state index in [4.69, 9.17) is 21.9 Å². The molecule has 6 nitrogen and oxygen atoms in total. The van der Waals surface area contributed by atoms with Crippen LogP contribution in [-0.2, 0) is 8.57 Å². The van der Waals surface area contributed by atoms with E-state index < -0.39 is 20.9 Å². The van der Waals surface area contributed by atoms with Gasteiger partial charge in [-0.1, -0.05) is 0 Å². The van der Waals surface area contributed by atoms with E-state index in [1.54, 1.807) is 0 Å². The maximum absolute atomic E-state index is 8.89. The average molecular weight is 244 g/mol. The fraction of sp³-hybridized carbons (Fsp3) is 0.500. The zero-order valence-electron chi connectivity index (χ0n) is 7.04. The first-order valence-corrected chi connectivity index (χ1v) is 4.09. The molecular weight excluding hydrogens is 237 g/mol. The summed E-state index contributed by atoms with van der Waals surface area (Å²) < 4.78 is 25.8. The predicted octanol–water partition coefficient (Wildman–Crippen LogP) is -9.74. The molecule has 0 amide bonds. The molecule has 0 saturated carbocycles. The third-order valence-corrected chi connectivity index (χ3v) is 0. The molecule has 0 aromatic heterocycles. The van der Waals surface area contributed by atoms with E-state index in [1.807, 2.05) is 0 Å². The van der Waals surface area contributed by atoms with Gasteiger partial charge in [0.2, 0.25) is 0 Å². The molecule has 0 aromatic rings. The van der Waals surface area contributed by atoms with Gasteiger partial charge in [-0.05, 0) is 6.92 Å². The number of carboxylic acid groups (broad SMARTS) is 1. The second-order valence-electron chi connectivity index (χ2n) is 0.742. The van der Waals surface area contributed by atoms with Crippen LogP contribution < -0.4 is 78.6 Å². The van der Waals surface area contributed by atoms with Crippen LogP contribution in [0, 0.1) is 0 Å². The summed E-state index contributed by atoms with van der Waals surface area (Å²) in [7, 11) is 0. The molecule has 0 spiro atoms. The quantitative estimate of drug-likeness (QED) is 0.421. The van der Waals surface area contributed by atoms with E-state index in [-0.39, 0.29) is 65.3 Å². The Bertz CT molecular complexity index is 80.5. The summed E-state index contributed by atoms with van der Waals surface area (Å²) in [6, 6.07) is 0. The van der Waals surface area contributed by atoms with Crippen molar-refractivity contribution in [1.29, 1.82) is 0 Å². The van der Waals surface area contributed by atoms with Crippen LogP contribution in [0.4, 0.5) is 0 Å². The number of quaternary nitrogens is 1. The summed E-state index contributed by atoms with van der Waals surface area (Å²) in [5, 5.41) is 8.89. The Kier molecular flexibility index (Phi) is 60.2. The molecular formula is C2H7GeNNa2O5. The van der Waals surface area contributed by atoms with Crippen molar-refractivity contribution in [3.63, 3.8) is 0 Å². The van der Waals surface area contributed by atoms with Crippen LogP contribution in [0.5, 0.6) is 0 Å². The van der Waals surface area contributed by atoms with Crippen molar-refractivity contribution in [2.45, 2.75) is 6.92 Å². The topological polar surface area (TPSA) is 140 Å². The van der Waals surface area contributed by atoms with Crippen molar-refractivity contribution in [3.05, 3.63) is 0 Å². The van der Waals surface area contributed by atoms with Crippen LogP contribution in [0.15, 0.2) is 0 Å². The van der Waals surface area contributed by atoms with Crippen LogP contribution in [0.1, 0.15) is 6.92 Å². The Morgan fingerprint density at radius 3 is 1.27 bits per heavy atom. The van der Waals surface area contributed by atoms with Crippen molar-refractivity contribution >= 4 is 20.9 Å². The van der Waals surface area contributed by atoms with E-state index in [2.05, 4.69) is 0 Å². The third kappa shape index (κ3) is 530. The van der Waals surface area contributed by atoms with Gasteiger partial charge in [-0.3, -0.25) is 0 Å². The molecule has 0 atom stereocenters. The first-order valence-electron chi connectivity index (χ1n) is 1.52. The molecule has 0 saturated heterocycles. The van der Waals surface area contributed by atoms with Crippen molar-refractivity contribution in [1.82, 2.24) is 6.15 Å². The van der Waals surface area contributed by atoms with Gasteiger partial charge >= 0.3 is 86.1 Å². The van der Waals surface area contributed by atoms with Crippen molar-refractivity contribution in [3.8, 4) is 0 Å². The Morgan fingerprint density at radius 2 is 1.27 bits per heavy atom. The number of carbonyl (C=O) groups excluding carboxylic acids is 1. The van der Waals surface area contributed by atoms with Gasteiger partial charge in [0.25, 0.3) is 0 Å². The minimum atomic E-state index is -4.08. The summed E-state index contributed by atoms with van der Waals surface area (Å²) in [4.78, 5) is 8.89. The SMILES string of the molecule is CC(=O)[O-].[NH4+].[Na+].[Na+].[O]=[Ge]([O-])[O-]. The van der Waals surface area contributed by atoms with Gasteiger partial charge < -0.3 is 16.1 Å². The number of carbonyl (C=O) groups is 1. The Morgan fingerprint density at radius 1 is 1.27 bits per heavy atom. The molecule has 0 unspecified atom stereocenters. The van der Waals surface area contributed by atoms with Crippen molar-refractivity contribution in [2.75, 3.05) is 0 Å². The number of hydrogen-bond acceptors (Lipinski definition) is 5. The monoisotopic (exact) mass is 245 g/mol. The van der Waals surface area contributed by atoms with Crippen LogP contribution >= 0.6 is 0 Å². The van der Waals surface area contributed by atoms with Crippen LogP contribution in [0.2, 0.25) is 0 Å². The predicted molar refractivity (Wildman–Crippen MR) is 23.1 cm³/mol. The summed E-state index contributed by atoms with van der Waals surface area (Å²) in [5.74, 6) is -1.08. The van der Waals surface area contributed by atoms with Gasteiger partial charge in [-0.15, -0.1) is 0 Å². The number of hydrogen-bond donors (Lipinski definition) is 1. The van der Waals surface area contributed by atoms with Crippen molar-refractivity contribution in [2.24, 2.45) is 0 Å². The molecule has 0 fully saturated rings. The van der Waals surface area contributed by atoms with E-state index in [0.29, 0.717) is 0 Å². The van der Waals surface area contributed by atoms with Gasteiger partial charge in [-0.25, -0.2) is 0 Å². The fourth-order valence-corrected chi connectivity index (χ4v) is 0. The van der Waals surface area contributed by atoms with E-state index in [1.165, 1.54) is 0 Å². The normalized spacial score (nSPS) is 4.45. The minimum absolute atomic E-state index is 0. The Balaban J connectivity index is -0.0000000171. The zero-order valence-corrected chi connectivity index (χ0v) is 13.1. The maximum atomic E-state index is 8.89. The van der Waals surface area contributed by atoms with Gasteiger partial charge in [0.15, 0.2) is 0 Å². The zero-order chi connectivity index (χ0) is 7.15. The average Bonchev–Trinajstić information content (AvgIpc) is 1.25.